The fourth-order valence-corrected chi connectivity index (χ4v) is 4.46. The van der Waals surface area contributed by atoms with E-state index in [1.165, 1.54) is 0 Å². The van der Waals surface area contributed by atoms with Crippen molar-refractivity contribution in [1.29, 1.82) is 0 Å². The number of carboxylic acid groups (broad SMARTS) is 1. The summed E-state index contributed by atoms with van der Waals surface area (Å²) < 4.78 is 26.4. The van der Waals surface area contributed by atoms with Crippen molar-refractivity contribution in [2.75, 3.05) is 19.8 Å². The minimum absolute atomic E-state index is 0.0166. The second-order valence-electron chi connectivity index (χ2n) is 10.6. The van der Waals surface area contributed by atoms with Gasteiger partial charge >= 0.3 is 19.8 Å². The van der Waals surface area contributed by atoms with E-state index >= 15 is 0 Å². The van der Waals surface area contributed by atoms with Gasteiger partial charge in [0.1, 0.15) is 12.7 Å². The average molecular weight is 682 g/mol. The molecule has 0 radical (unpaired) electrons. The van der Waals surface area contributed by atoms with Crippen LogP contribution >= 0.6 is 7.82 Å². The summed E-state index contributed by atoms with van der Waals surface area (Å²) in [5.41, 5.74) is 0. The van der Waals surface area contributed by atoms with Gasteiger partial charge < -0.3 is 25.2 Å². The van der Waals surface area contributed by atoms with E-state index in [0.29, 0.717) is 19.3 Å². The number of ether oxygens (including phenoxy) is 1. The van der Waals surface area contributed by atoms with Gasteiger partial charge in [0.25, 0.3) is 0 Å². The summed E-state index contributed by atoms with van der Waals surface area (Å²) in [6.45, 7) is 2.21. The molecule has 0 aliphatic rings. The number of phosphoric acid groups is 1. The van der Waals surface area contributed by atoms with Crippen molar-refractivity contribution in [2.45, 2.75) is 109 Å². The molecular formula is C35H56NO10P. The Morgan fingerprint density at radius 1 is 0.702 bits per heavy atom. The molecule has 4 N–H and O–H groups in total. The summed E-state index contributed by atoms with van der Waals surface area (Å²) in [5, 5.41) is 21.5. The van der Waals surface area contributed by atoms with E-state index in [9.17, 15) is 34.1 Å². The smallest absolute Gasteiger partial charge is 0.472 e. The van der Waals surface area contributed by atoms with Crippen LogP contribution in [0.1, 0.15) is 97.3 Å². The van der Waals surface area contributed by atoms with Crippen LogP contribution in [0.3, 0.4) is 0 Å². The first kappa shape index (κ1) is 43.9. The van der Waals surface area contributed by atoms with Crippen LogP contribution in [0, 0.1) is 0 Å². The first-order valence-corrected chi connectivity index (χ1v) is 18.0. The highest BCUT2D eigenvalue weighted by atomic mass is 31.2. The predicted octanol–water partition coefficient (Wildman–Crippen LogP) is 7.04. The number of carbonyl (C=O) groups is 3. The normalized spacial score (nSPS) is 15.0. The first-order valence-electron chi connectivity index (χ1n) is 16.5. The van der Waals surface area contributed by atoms with Crippen LogP contribution < -0.4 is 5.32 Å². The lowest BCUT2D eigenvalue weighted by molar-refractivity contribution is -0.147. The number of aliphatic hydroxyl groups is 1. The number of carboxylic acids is 1. The number of amides is 1. The first-order chi connectivity index (χ1) is 22.6. The Hall–Kier alpha value is -3.08. The molecule has 12 heteroatoms. The fourth-order valence-electron chi connectivity index (χ4n) is 3.69. The predicted molar refractivity (Wildman–Crippen MR) is 184 cm³/mol. The highest BCUT2D eigenvalue weighted by Gasteiger charge is 2.28. The largest absolute Gasteiger partial charge is 0.480 e. The SMILES string of the molecule is CC/C=C\C/C=C\C/C=C\C/C=C\C/C=C\C/C=C\CCC(=O)NC(COP(=O)(O)OCC(O)COC(=O)CCCCCC)C(=O)O. The molecule has 0 saturated heterocycles. The van der Waals surface area contributed by atoms with Gasteiger partial charge in [0, 0.05) is 12.8 Å². The lowest BCUT2D eigenvalue weighted by atomic mass is 10.2. The Kier molecular flexibility index (Phi) is 28.3. The van der Waals surface area contributed by atoms with Gasteiger partial charge in [0.2, 0.25) is 5.91 Å². The van der Waals surface area contributed by atoms with Crippen molar-refractivity contribution in [2.24, 2.45) is 0 Å². The number of unbranched alkanes of at least 4 members (excludes halogenated alkanes) is 3. The minimum atomic E-state index is -4.76. The fraction of sp³-hybridized carbons (Fsp3) is 0.571. The van der Waals surface area contributed by atoms with E-state index in [-0.39, 0.29) is 12.8 Å². The molecule has 0 aliphatic heterocycles. The summed E-state index contributed by atoms with van der Waals surface area (Å²) in [6, 6.07) is -1.59. The lowest BCUT2D eigenvalue weighted by Gasteiger charge is -2.18. The van der Waals surface area contributed by atoms with Crippen molar-refractivity contribution >= 4 is 25.7 Å². The number of hydrogen-bond acceptors (Lipinski definition) is 8. The van der Waals surface area contributed by atoms with Crippen LogP contribution in [-0.4, -0.2) is 64.9 Å². The maximum absolute atomic E-state index is 12.2. The Morgan fingerprint density at radius 3 is 1.72 bits per heavy atom. The van der Waals surface area contributed by atoms with Crippen molar-refractivity contribution < 1.29 is 47.8 Å². The third-order valence-electron chi connectivity index (χ3n) is 6.27. The van der Waals surface area contributed by atoms with Crippen LogP contribution in [0.4, 0.5) is 0 Å². The topological polar surface area (TPSA) is 169 Å². The third-order valence-corrected chi connectivity index (χ3v) is 7.22. The second kappa shape index (κ2) is 30.3. The maximum Gasteiger partial charge on any atom is 0.472 e. The number of phosphoric ester groups is 1. The molecule has 3 unspecified atom stereocenters. The van der Waals surface area contributed by atoms with Gasteiger partial charge in [-0.1, -0.05) is 106 Å². The number of rotatable bonds is 29. The monoisotopic (exact) mass is 681 g/mol. The molecule has 0 aromatic carbocycles. The minimum Gasteiger partial charge on any atom is -0.480 e. The Bertz CT molecular complexity index is 1080. The molecule has 1 amide bonds. The quantitative estimate of drug-likeness (QED) is 0.0278. The van der Waals surface area contributed by atoms with E-state index in [0.717, 1.165) is 51.4 Å². The molecule has 0 saturated carbocycles. The summed E-state index contributed by atoms with van der Waals surface area (Å²) in [4.78, 5) is 45.1. The zero-order valence-corrected chi connectivity index (χ0v) is 28.9. The van der Waals surface area contributed by atoms with Crippen LogP contribution in [0.2, 0.25) is 0 Å². The molecule has 47 heavy (non-hydrogen) atoms. The molecule has 0 rings (SSSR count). The Labute approximate surface area is 280 Å². The number of allylic oxidation sites excluding steroid dienone is 12. The van der Waals surface area contributed by atoms with Crippen molar-refractivity contribution in [3.63, 3.8) is 0 Å². The van der Waals surface area contributed by atoms with E-state index in [2.05, 4.69) is 71.4 Å². The maximum atomic E-state index is 12.2. The van der Waals surface area contributed by atoms with Gasteiger partial charge in [-0.2, -0.15) is 0 Å². The van der Waals surface area contributed by atoms with Gasteiger partial charge in [-0.25, -0.2) is 9.36 Å². The number of aliphatic hydroxyl groups excluding tert-OH is 1. The van der Waals surface area contributed by atoms with Crippen molar-refractivity contribution in [3.05, 3.63) is 72.9 Å². The Morgan fingerprint density at radius 2 is 1.21 bits per heavy atom. The molecule has 0 bridgehead atoms. The number of esters is 1. The van der Waals surface area contributed by atoms with Crippen molar-refractivity contribution in [1.82, 2.24) is 5.32 Å². The van der Waals surface area contributed by atoms with E-state index < -0.39 is 57.6 Å². The van der Waals surface area contributed by atoms with E-state index in [1.54, 1.807) is 0 Å². The number of nitrogens with one attached hydrogen (secondary N) is 1. The summed E-state index contributed by atoms with van der Waals surface area (Å²) in [5.74, 6) is -2.52. The highest BCUT2D eigenvalue weighted by molar-refractivity contribution is 7.47. The third kappa shape index (κ3) is 30.0. The standard InChI is InChI=1S/C35H56NO10P/c1-3-5-7-9-10-11-12-13-14-15-16-17-18-19-20-21-22-23-24-26-33(38)36-32(35(40)41)30-46-47(42,43)45-29-31(37)28-44-34(39)27-25-8-6-4-2/h5,7,10-11,13-14,16-17,19-20,22-23,31-32,37H,3-4,6,8-9,12,15,18,21,24-30H2,1-2H3,(H,36,38)(H,40,41)(H,42,43)/b7-5-,11-10-,14-13-,17-16-,20-19-,23-22-. The molecule has 0 aromatic heterocycles. The average Bonchev–Trinajstić information content (AvgIpc) is 3.04. The summed E-state index contributed by atoms with van der Waals surface area (Å²) >= 11 is 0. The number of aliphatic carboxylic acids is 1. The lowest BCUT2D eigenvalue weighted by Crippen LogP contribution is -2.43. The second-order valence-corrected chi connectivity index (χ2v) is 12.1. The molecule has 0 heterocycles. The van der Waals surface area contributed by atoms with Crippen LogP contribution in [0.15, 0.2) is 72.9 Å². The zero-order chi connectivity index (χ0) is 35.0. The van der Waals surface area contributed by atoms with Crippen LogP contribution in [0.25, 0.3) is 0 Å². The highest BCUT2D eigenvalue weighted by Crippen LogP contribution is 2.43. The van der Waals surface area contributed by atoms with Gasteiger partial charge in [-0.15, -0.1) is 0 Å². The van der Waals surface area contributed by atoms with Crippen molar-refractivity contribution in [3.8, 4) is 0 Å². The van der Waals surface area contributed by atoms with E-state index in [1.807, 2.05) is 25.2 Å². The molecule has 0 fully saturated rings. The van der Waals surface area contributed by atoms with E-state index in [4.69, 9.17) is 9.26 Å². The van der Waals surface area contributed by atoms with Crippen LogP contribution in [0.5, 0.6) is 0 Å². The molecule has 0 spiro atoms. The van der Waals surface area contributed by atoms with Gasteiger partial charge in [-0.05, 0) is 51.4 Å². The molecule has 0 aromatic rings. The van der Waals surface area contributed by atoms with Gasteiger partial charge in [0.15, 0.2) is 6.04 Å². The molecule has 3 atom stereocenters. The molecule has 11 nitrogen and oxygen atoms in total. The number of hydrogen-bond donors (Lipinski definition) is 4. The number of carbonyl (C=O) groups excluding carboxylic acids is 2. The van der Waals surface area contributed by atoms with Crippen LogP contribution in [-0.2, 0) is 32.7 Å². The van der Waals surface area contributed by atoms with Gasteiger partial charge in [-0.3, -0.25) is 18.6 Å². The molecule has 266 valence electrons. The van der Waals surface area contributed by atoms with Gasteiger partial charge in [0.05, 0.1) is 13.2 Å². The molecule has 0 aliphatic carbocycles. The zero-order valence-electron chi connectivity index (χ0n) is 28.0. The molecular weight excluding hydrogens is 625 g/mol. The Balaban J connectivity index is 4.17. The summed E-state index contributed by atoms with van der Waals surface area (Å²) in [7, 11) is -4.76. The summed E-state index contributed by atoms with van der Waals surface area (Å²) in [6.07, 6.45) is 33.2.